The third-order valence-electron chi connectivity index (χ3n) is 2.93. The molecule has 0 unspecified atom stereocenters. The Morgan fingerprint density at radius 1 is 1.37 bits per heavy atom. The first-order chi connectivity index (χ1) is 8.71. The first-order valence-corrected chi connectivity index (χ1v) is 5.53. The number of hydrogen-bond donors (Lipinski definition) is 1. The van der Waals surface area contributed by atoms with Crippen molar-refractivity contribution in [3.05, 3.63) is 11.5 Å². The number of carboxylic acid groups (broad SMARTS) is 1. The number of carbonyl (C=O) groups is 1. The first-order valence-electron chi connectivity index (χ1n) is 5.53. The lowest BCUT2D eigenvalue weighted by Crippen LogP contribution is -2.38. The molecule has 6 nitrogen and oxygen atoms in total. The number of imidazole rings is 1. The van der Waals surface area contributed by atoms with Gasteiger partial charge in [0.15, 0.2) is 5.82 Å². The number of anilines is 1. The van der Waals surface area contributed by atoms with Gasteiger partial charge in [-0.3, -0.25) is 0 Å². The molecule has 9 heteroatoms. The molecular weight excluding hydrogens is 265 g/mol. The van der Waals surface area contributed by atoms with Crippen LogP contribution in [0.1, 0.15) is 11.5 Å². The summed E-state index contributed by atoms with van der Waals surface area (Å²) in [4.78, 5) is 17.0. The maximum Gasteiger partial charge on any atom is 0.449 e. The van der Waals surface area contributed by atoms with E-state index < -0.39 is 18.1 Å². The summed E-state index contributed by atoms with van der Waals surface area (Å²) in [7, 11) is 3.14. The molecule has 0 saturated carbocycles. The molecule has 19 heavy (non-hydrogen) atoms. The van der Waals surface area contributed by atoms with Crippen molar-refractivity contribution >= 4 is 11.9 Å². The van der Waals surface area contributed by atoms with Crippen LogP contribution in [0.2, 0.25) is 0 Å². The average Bonchev–Trinajstić information content (AvgIpc) is 2.66. The lowest BCUT2D eigenvalue weighted by molar-refractivity contribution is -0.147. The van der Waals surface area contributed by atoms with Gasteiger partial charge >= 0.3 is 12.3 Å². The van der Waals surface area contributed by atoms with Gasteiger partial charge in [-0.05, 0) is 0 Å². The van der Waals surface area contributed by atoms with E-state index in [-0.39, 0.29) is 31.1 Å². The fourth-order valence-corrected chi connectivity index (χ4v) is 2.09. The van der Waals surface area contributed by atoms with Crippen molar-refractivity contribution in [2.45, 2.75) is 19.3 Å². The third-order valence-corrected chi connectivity index (χ3v) is 2.93. The Balaban J connectivity index is 2.50. The molecule has 0 spiro atoms. The maximum absolute atomic E-state index is 12.9. The number of alkyl halides is 3. The zero-order valence-corrected chi connectivity index (χ0v) is 10.4. The van der Waals surface area contributed by atoms with E-state index in [0.29, 0.717) is 0 Å². The second-order valence-electron chi connectivity index (χ2n) is 4.45. The van der Waals surface area contributed by atoms with Gasteiger partial charge < -0.3 is 19.5 Å². The molecule has 0 atom stereocenters. The smallest absolute Gasteiger partial charge is 0.449 e. The lowest BCUT2D eigenvalue weighted by Gasteiger charge is -2.27. The monoisotopic (exact) mass is 278 g/mol. The van der Waals surface area contributed by atoms with E-state index in [0.717, 1.165) is 9.47 Å². The molecule has 1 N–H and O–H groups in total. The van der Waals surface area contributed by atoms with Crippen LogP contribution in [0.15, 0.2) is 0 Å². The van der Waals surface area contributed by atoms with E-state index >= 15 is 0 Å². The second kappa shape index (κ2) is 4.32. The Bertz CT molecular complexity index is 510. The van der Waals surface area contributed by atoms with E-state index in [4.69, 9.17) is 5.11 Å². The standard InChI is InChI=1S/C10H13F3N4O2/c1-15(2)7-6-5-16(9(18)19)3-4-17(6)8(14-7)10(11,12)13/h3-5H2,1-2H3,(H,18,19). The zero-order valence-electron chi connectivity index (χ0n) is 10.4. The van der Waals surface area contributed by atoms with Crippen LogP contribution < -0.4 is 4.90 Å². The molecule has 0 bridgehead atoms. The van der Waals surface area contributed by atoms with Gasteiger partial charge in [0.05, 0.1) is 12.2 Å². The highest BCUT2D eigenvalue weighted by Crippen LogP contribution is 2.34. The number of hydrogen-bond acceptors (Lipinski definition) is 3. The van der Waals surface area contributed by atoms with Crippen molar-refractivity contribution in [3.63, 3.8) is 0 Å². The zero-order chi connectivity index (χ0) is 14.4. The van der Waals surface area contributed by atoms with Crippen LogP contribution in [0.4, 0.5) is 23.8 Å². The SMILES string of the molecule is CN(C)c1nc(C(F)(F)F)n2c1CN(C(=O)O)CC2. The Morgan fingerprint density at radius 3 is 2.47 bits per heavy atom. The Kier molecular flexibility index (Phi) is 3.07. The predicted octanol–water partition coefficient (Wildman–Crippen LogP) is 1.46. The molecule has 1 aliphatic heterocycles. The van der Waals surface area contributed by atoms with Crippen molar-refractivity contribution in [3.8, 4) is 0 Å². The summed E-state index contributed by atoms with van der Waals surface area (Å²) in [6, 6.07) is 0. The van der Waals surface area contributed by atoms with Gasteiger partial charge in [-0.2, -0.15) is 13.2 Å². The number of halogens is 3. The van der Waals surface area contributed by atoms with E-state index in [2.05, 4.69) is 4.98 Å². The Hall–Kier alpha value is -1.93. The van der Waals surface area contributed by atoms with Crippen molar-refractivity contribution in [1.82, 2.24) is 14.5 Å². The van der Waals surface area contributed by atoms with Crippen molar-refractivity contribution in [2.24, 2.45) is 0 Å². The predicted molar refractivity (Wildman–Crippen MR) is 60.0 cm³/mol. The quantitative estimate of drug-likeness (QED) is 0.845. The summed E-state index contributed by atoms with van der Waals surface area (Å²) in [6.45, 7) is -0.113. The molecule has 2 heterocycles. The summed E-state index contributed by atoms with van der Waals surface area (Å²) in [5.74, 6) is -0.825. The van der Waals surface area contributed by atoms with Crippen molar-refractivity contribution in [2.75, 3.05) is 25.5 Å². The Labute approximate surface area is 107 Å². The second-order valence-corrected chi connectivity index (χ2v) is 4.45. The molecule has 2 rings (SSSR count). The van der Waals surface area contributed by atoms with Gasteiger partial charge in [0.2, 0.25) is 5.82 Å². The highest BCUT2D eigenvalue weighted by molar-refractivity contribution is 5.65. The topological polar surface area (TPSA) is 61.6 Å². The number of amides is 1. The normalized spacial score (nSPS) is 15.3. The lowest BCUT2D eigenvalue weighted by atomic mass is 10.3. The summed E-state index contributed by atoms with van der Waals surface area (Å²) < 4.78 is 39.7. The van der Waals surface area contributed by atoms with Gasteiger partial charge in [0.25, 0.3) is 0 Å². The molecule has 1 aromatic rings. The van der Waals surface area contributed by atoms with Crippen LogP contribution in [0.5, 0.6) is 0 Å². The van der Waals surface area contributed by atoms with Gasteiger partial charge in [0.1, 0.15) is 0 Å². The van der Waals surface area contributed by atoms with Gasteiger partial charge in [-0.1, -0.05) is 0 Å². The highest BCUT2D eigenvalue weighted by Gasteiger charge is 2.40. The van der Waals surface area contributed by atoms with Crippen LogP contribution in [-0.2, 0) is 19.3 Å². The summed E-state index contributed by atoms with van der Waals surface area (Å²) >= 11 is 0. The maximum atomic E-state index is 12.9. The molecule has 1 aliphatic rings. The Morgan fingerprint density at radius 2 is 2.00 bits per heavy atom. The fourth-order valence-electron chi connectivity index (χ4n) is 2.09. The third kappa shape index (κ3) is 2.32. The van der Waals surface area contributed by atoms with Crippen LogP contribution in [0, 0.1) is 0 Å². The minimum absolute atomic E-state index is 0.0225. The molecule has 0 saturated heterocycles. The highest BCUT2D eigenvalue weighted by atomic mass is 19.4. The van der Waals surface area contributed by atoms with Gasteiger partial charge in [-0.25, -0.2) is 9.78 Å². The summed E-state index contributed by atoms with van der Waals surface area (Å²) in [5.41, 5.74) is 0.269. The van der Waals surface area contributed by atoms with Gasteiger partial charge in [0, 0.05) is 27.2 Å². The molecule has 0 radical (unpaired) electrons. The molecule has 0 fully saturated rings. The molecule has 1 amide bonds. The van der Waals surface area contributed by atoms with E-state index in [1.807, 2.05) is 0 Å². The van der Waals surface area contributed by atoms with Gasteiger partial charge in [-0.15, -0.1) is 0 Å². The summed E-state index contributed by atoms with van der Waals surface area (Å²) in [5, 5.41) is 8.92. The summed E-state index contributed by atoms with van der Waals surface area (Å²) in [6.07, 6.45) is -5.69. The molecule has 106 valence electrons. The van der Waals surface area contributed by atoms with Crippen LogP contribution in [-0.4, -0.2) is 46.3 Å². The largest absolute Gasteiger partial charge is 0.465 e. The molecular formula is C10H13F3N4O2. The average molecular weight is 278 g/mol. The number of nitrogens with zero attached hydrogens (tertiary/aromatic N) is 4. The molecule has 0 aliphatic carbocycles. The van der Waals surface area contributed by atoms with Crippen LogP contribution in [0.3, 0.4) is 0 Å². The fraction of sp³-hybridized carbons (Fsp3) is 0.600. The van der Waals surface area contributed by atoms with E-state index in [1.54, 1.807) is 14.1 Å². The number of rotatable bonds is 1. The first kappa shape index (κ1) is 13.5. The minimum atomic E-state index is -4.55. The minimum Gasteiger partial charge on any atom is -0.465 e. The molecule has 0 aromatic carbocycles. The molecule has 1 aromatic heterocycles. The van der Waals surface area contributed by atoms with Crippen LogP contribution in [0.25, 0.3) is 0 Å². The van der Waals surface area contributed by atoms with E-state index in [1.165, 1.54) is 4.90 Å². The number of fused-ring (bicyclic) bond motifs is 1. The van der Waals surface area contributed by atoms with E-state index in [9.17, 15) is 18.0 Å². The van der Waals surface area contributed by atoms with Crippen molar-refractivity contribution < 1.29 is 23.1 Å². The van der Waals surface area contributed by atoms with Crippen molar-refractivity contribution in [1.29, 1.82) is 0 Å². The number of aromatic nitrogens is 2. The van der Waals surface area contributed by atoms with Crippen LogP contribution >= 0.6 is 0 Å².